The van der Waals surface area contributed by atoms with E-state index in [0.29, 0.717) is 47.9 Å². The standard InChI is InChI=1S/C29H34ClN5O2/c1-19(2)27(33(16-8-15-31)28(36)23-13-11-20(3)12-14-23)25-17-24-26(30)21(4)32-35(24)29(37)34(25)18-22-9-6-5-7-10-22/h5-7,9-14,17,19,27H,8,15-16,18,31H2,1-4H3. The molecule has 0 bridgehead atoms. The van der Waals surface area contributed by atoms with Crippen molar-refractivity contribution in [1.29, 1.82) is 0 Å². The first-order valence-electron chi connectivity index (χ1n) is 12.6. The molecule has 0 aliphatic carbocycles. The van der Waals surface area contributed by atoms with Gasteiger partial charge in [-0.15, -0.1) is 0 Å². The second-order valence-corrected chi connectivity index (χ2v) is 10.2. The maximum absolute atomic E-state index is 13.9. The van der Waals surface area contributed by atoms with E-state index in [2.05, 4.69) is 18.9 Å². The summed E-state index contributed by atoms with van der Waals surface area (Å²) in [6.07, 6.45) is 0.637. The fourth-order valence-electron chi connectivity index (χ4n) is 4.76. The smallest absolute Gasteiger partial charge is 0.330 e. The predicted octanol–water partition coefficient (Wildman–Crippen LogP) is 5.00. The monoisotopic (exact) mass is 519 g/mol. The van der Waals surface area contributed by atoms with Crippen LogP contribution in [0.4, 0.5) is 0 Å². The number of nitrogens with two attached hydrogens (primary N) is 1. The van der Waals surface area contributed by atoms with Gasteiger partial charge in [0.25, 0.3) is 5.91 Å². The van der Waals surface area contributed by atoms with Gasteiger partial charge in [-0.1, -0.05) is 73.5 Å². The number of benzene rings is 2. The van der Waals surface area contributed by atoms with Crippen LogP contribution in [-0.4, -0.2) is 38.1 Å². The molecule has 2 aromatic carbocycles. The molecule has 4 rings (SSSR count). The molecule has 1 unspecified atom stereocenters. The summed E-state index contributed by atoms with van der Waals surface area (Å²) in [4.78, 5) is 29.6. The Morgan fingerprint density at radius 1 is 1.08 bits per heavy atom. The molecule has 0 aliphatic rings. The van der Waals surface area contributed by atoms with Crippen molar-refractivity contribution in [2.75, 3.05) is 13.1 Å². The molecule has 2 aromatic heterocycles. The van der Waals surface area contributed by atoms with Crippen LogP contribution in [0, 0.1) is 19.8 Å². The summed E-state index contributed by atoms with van der Waals surface area (Å²) in [6, 6.07) is 18.9. The summed E-state index contributed by atoms with van der Waals surface area (Å²) in [5.74, 6) is -0.0969. The quantitative estimate of drug-likeness (QED) is 0.337. The van der Waals surface area contributed by atoms with Gasteiger partial charge in [-0.2, -0.15) is 9.61 Å². The van der Waals surface area contributed by atoms with Crippen molar-refractivity contribution in [2.24, 2.45) is 11.7 Å². The molecule has 0 aliphatic heterocycles. The topological polar surface area (TPSA) is 85.6 Å². The zero-order chi connectivity index (χ0) is 26.7. The van der Waals surface area contributed by atoms with E-state index in [4.69, 9.17) is 17.3 Å². The van der Waals surface area contributed by atoms with Crippen molar-refractivity contribution in [2.45, 2.75) is 46.7 Å². The molecule has 0 saturated heterocycles. The van der Waals surface area contributed by atoms with Gasteiger partial charge in [0.2, 0.25) is 0 Å². The summed E-state index contributed by atoms with van der Waals surface area (Å²) in [5, 5.41) is 4.84. The Hall–Kier alpha value is -3.42. The molecule has 0 saturated carbocycles. The van der Waals surface area contributed by atoms with Gasteiger partial charge in [0.15, 0.2) is 0 Å². The van der Waals surface area contributed by atoms with Gasteiger partial charge in [0, 0.05) is 17.8 Å². The molecule has 8 heteroatoms. The number of fused-ring (bicyclic) bond motifs is 1. The van der Waals surface area contributed by atoms with Gasteiger partial charge in [-0.3, -0.25) is 9.36 Å². The first-order valence-corrected chi connectivity index (χ1v) is 13.0. The first-order chi connectivity index (χ1) is 17.7. The van der Waals surface area contributed by atoms with Crippen LogP contribution in [0.25, 0.3) is 5.52 Å². The first kappa shape index (κ1) is 26.6. The second-order valence-electron chi connectivity index (χ2n) is 9.82. The number of halogens is 1. The number of hydrogen-bond donors (Lipinski definition) is 1. The third-order valence-corrected chi connectivity index (χ3v) is 7.11. The number of carbonyl (C=O) groups is 1. The summed E-state index contributed by atoms with van der Waals surface area (Å²) >= 11 is 6.59. The second kappa shape index (κ2) is 11.3. The number of amides is 1. The summed E-state index contributed by atoms with van der Waals surface area (Å²) in [5.41, 5.74) is 10.1. The van der Waals surface area contributed by atoms with Gasteiger partial charge in [-0.05, 0) is 56.5 Å². The molecule has 7 nitrogen and oxygen atoms in total. The number of aryl methyl sites for hydroxylation is 2. The average Bonchev–Trinajstić information content (AvgIpc) is 3.17. The molecule has 4 aromatic rings. The van der Waals surface area contributed by atoms with E-state index in [1.54, 1.807) is 11.5 Å². The summed E-state index contributed by atoms with van der Waals surface area (Å²) in [7, 11) is 0. The largest absolute Gasteiger partial charge is 0.349 e. The Morgan fingerprint density at radius 3 is 2.38 bits per heavy atom. The Kier molecular flexibility index (Phi) is 8.15. The van der Waals surface area contributed by atoms with Crippen molar-refractivity contribution >= 4 is 23.0 Å². The Morgan fingerprint density at radius 2 is 1.76 bits per heavy atom. The summed E-state index contributed by atoms with van der Waals surface area (Å²) < 4.78 is 3.07. The molecule has 1 atom stereocenters. The summed E-state index contributed by atoms with van der Waals surface area (Å²) in [6.45, 7) is 9.15. The van der Waals surface area contributed by atoms with Gasteiger partial charge in [0.1, 0.15) is 0 Å². The molecule has 0 spiro atoms. The lowest BCUT2D eigenvalue weighted by Crippen LogP contribution is -2.42. The normalized spacial score (nSPS) is 12.3. The van der Waals surface area contributed by atoms with E-state index in [0.717, 1.165) is 16.8 Å². The molecular formula is C29H34ClN5O2. The van der Waals surface area contributed by atoms with Crippen molar-refractivity contribution < 1.29 is 4.79 Å². The highest BCUT2D eigenvalue weighted by molar-refractivity contribution is 6.34. The molecule has 37 heavy (non-hydrogen) atoms. The highest BCUT2D eigenvalue weighted by Gasteiger charge is 2.32. The lowest BCUT2D eigenvalue weighted by Gasteiger charge is -2.36. The number of aromatic nitrogens is 3. The van der Waals surface area contributed by atoms with Crippen LogP contribution >= 0.6 is 11.6 Å². The third kappa shape index (κ3) is 5.48. The molecule has 1 amide bonds. The number of nitrogens with zero attached hydrogens (tertiary/aromatic N) is 4. The highest BCUT2D eigenvalue weighted by atomic mass is 35.5. The number of rotatable bonds is 9. The van der Waals surface area contributed by atoms with Crippen LogP contribution in [0.3, 0.4) is 0 Å². The van der Waals surface area contributed by atoms with Crippen molar-refractivity contribution in [3.8, 4) is 0 Å². The van der Waals surface area contributed by atoms with Crippen LogP contribution in [-0.2, 0) is 6.54 Å². The number of hydrogen-bond acceptors (Lipinski definition) is 4. The van der Waals surface area contributed by atoms with E-state index < -0.39 is 6.04 Å². The Bertz CT molecular complexity index is 1440. The maximum Gasteiger partial charge on any atom is 0.349 e. The number of carbonyl (C=O) groups excluding carboxylic acids is 1. The van der Waals surface area contributed by atoms with Gasteiger partial charge >= 0.3 is 5.69 Å². The Labute approximate surface area is 222 Å². The SMILES string of the molecule is Cc1ccc(C(=O)N(CCCN)C(c2cc3c(Cl)c(C)nn3c(=O)n2Cc2ccccc2)C(C)C)cc1. The van der Waals surface area contributed by atoms with Crippen LogP contribution in [0.5, 0.6) is 0 Å². The van der Waals surface area contributed by atoms with Gasteiger partial charge < -0.3 is 10.6 Å². The molecule has 0 fully saturated rings. The minimum Gasteiger partial charge on any atom is -0.330 e. The van der Waals surface area contributed by atoms with Gasteiger partial charge in [0.05, 0.1) is 28.8 Å². The minimum atomic E-state index is -0.395. The van der Waals surface area contributed by atoms with Crippen LogP contribution in [0.1, 0.15) is 59.2 Å². The van der Waals surface area contributed by atoms with Crippen LogP contribution in [0.2, 0.25) is 5.02 Å². The lowest BCUT2D eigenvalue weighted by molar-refractivity contribution is 0.0609. The van der Waals surface area contributed by atoms with Crippen LogP contribution < -0.4 is 11.4 Å². The average molecular weight is 520 g/mol. The zero-order valence-electron chi connectivity index (χ0n) is 21.8. The van der Waals surface area contributed by atoms with E-state index in [1.165, 1.54) is 4.52 Å². The molecule has 0 radical (unpaired) electrons. The predicted molar refractivity (Wildman–Crippen MR) is 148 cm³/mol. The fraction of sp³-hybridized carbons (Fsp3) is 0.345. The highest BCUT2D eigenvalue weighted by Crippen LogP contribution is 2.32. The molecule has 2 N–H and O–H groups in total. The fourth-order valence-corrected chi connectivity index (χ4v) is 4.93. The lowest BCUT2D eigenvalue weighted by atomic mass is 9.96. The Balaban J connectivity index is 1.94. The molecule has 2 heterocycles. The van der Waals surface area contributed by atoms with Gasteiger partial charge in [-0.25, -0.2) is 4.79 Å². The zero-order valence-corrected chi connectivity index (χ0v) is 22.6. The van der Waals surface area contributed by atoms with E-state index >= 15 is 0 Å². The van der Waals surface area contributed by atoms with Crippen LogP contribution in [0.15, 0.2) is 65.5 Å². The van der Waals surface area contributed by atoms with E-state index in [9.17, 15) is 9.59 Å². The van der Waals surface area contributed by atoms with Crippen molar-refractivity contribution in [1.82, 2.24) is 19.1 Å². The molecular weight excluding hydrogens is 486 g/mol. The maximum atomic E-state index is 13.9. The van der Waals surface area contributed by atoms with E-state index in [-0.39, 0.29) is 17.5 Å². The van der Waals surface area contributed by atoms with E-state index in [1.807, 2.05) is 72.5 Å². The molecule has 194 valence electrons. The van der Waals surface area contributed by atoms with Crippen molar-refractivity contribution in [3.63, 3.8) is 0 Å². The minimum absolute atomic E-state index is 0.00107. The third-order valence-electron chi connectivity index (χ3n) is 6.65. The van der Waals surface area contributed by atoms with Crippen molar-refractivity contribution in [3.05, 3.63) is 104 Å².